The highest BCUT2D eigenvalue weighted by atomic mass is 16.1. The van der Waals surface area contributed by atoms with E-state index in [2.05, 4.69) is 26.1 Å². The quantitative estimate of drug-likeness (QED) is 0.702. The van der Waals surface area contributed by atoms with Crippen molar-refractivity contribution in [1.29, 1.82) is 0 Å². The molecule has 0 aliphatic heterocycles. The van der Waals surface area contributed by atoms with Crippen molar-refractivity contribution in [2.45, 2.75) is 40.7 Å². The molecule has 12 heavy (non-hydrogen) atoms. The monoisotopic (exact) mass is 171 g/mol. The van der Waals surface area contributed by atoms with Crippen molar-refractivity contribution in [1.82, 2.24) is 5.32 Å². The minimum Gasteiger partial charge on any atom is -0.310 e. The van der Waals surface area contributed by atoms with Crippen LogP contribution >= 0.6 is 0 Å². The highest BCUT2D eigenvalue weighted by Crippen LogP contribution is 2.21. The molecule has 0 fully saturated rings. The number of hydrogen-bond acceptors (Lipinski definition) is 2. The van der Waals surface area contributed by atoms with Crippen molar-refractivity contribution in [3.05, 3.63) is 0 Å². The summed E-state index contributed by atoms with van der Waals surface area (Å²) in [7, 11) is 1.84. The van der Waals surface area contributed by atoms with Gasteiger partial charge in [0.1, 0.15) is 0 Å². The van der Waals surface area contributed by atoms with Gasteiger partial charge in [-0.2, -0.15) is 0 Å². The zero-order valence-corrected chi connectivity index (χ0v) is 9.06. The number of carbonyl (C=O) groups is 1. The number of ketones is 1. The van der Waals surface area contributed by atoms with E-state index in [9.17, 15) is 4.79 Å². The predicted molar refractivity (Wildman–Crippen MR) is 52.1 cm³/mol. The lowest BCUT2D eigenvalue weighted by Crippen LogP contribution is -2.46. The maximum absolute atomic E-state index is 11.7. The number of carbonyl (C=O) groups excluding carboxylic acids is 1. The highest BCUT2D eigenvalue weighted by molar-refractivity contribution is 5.86. The Morgan fingerprint density at radius 1 is 1.25 bits per heavy atom. The Labute approximate surface area is 75.7 Å². The Hall–Kier alpha value is -0.370. The predicted octanol–water partition coefficient (Wildman–Crippen LogP) is 1.85. The summed E-state index contributed by atoms with van der Waals surface area (Å²) < 4.78 is 0. The molecule has 0 spiro atoms. The number of likely N-dealkylation sites (N-methyl/N-ethyl adjacent to an activating group) is 1. The third-order valence-corrected chi connectivity index (χ3v) is 2.01. The van der Waals surface area contributed by atoms with Crippen molar-refractivity contribution in [3.63, 3.8) is 0 Å². The summed E-state index contributed by atoms with van der Waals surface area (Å²) in [4.78, 5) is 11.7. The molecule has 0 saturated carbocycles. The summed E-state index contributed by atoms with van der Waals surface area (Å²) in [6, 6.07) is -0.0301. The molecule has 0 aliphatic carbocycles. The van der Waals surface area contributed by atoms with Crippen molar-refractivity contribution < 1.29 is 4.79 Å². The molecule has 1 atom stereocenters. The molecule has 0 amide bonds. The fourth-order valence-corrected chi connectivity index (χ4v) is 1.34. The molecule has 0 heterocycles. The van der Waals surface area contributed by atoms with Gasteiger partial charge in [-0.1, -0.05) is 34.6 Å². The summed E-state index contributed by atoms with van der Waals surface area (Å²) in [6.45, 7) is 10.1. The van der Waals surface area contributed by atoms with Crippen LogP contribution in [0.4, 0.5) is 0 Å². The Bertz CT molecular complexity index is 156. The third-order valence-electron chi connectivity index (χ3n) is 2.01. The summed E-state index contributed by atoms with van der Waals surface area (Å²) in [6.07, 6.45) is 0. The second kappa shape index (κ2) is 4.04. The Kier molecular flexibility index (Phi) is 3.91. The number of nitrogens with one attached hydrogen (secondary N) is 1. The summed E-state index contributed by atoms with van der Waals surface area (Å²) in [5, 5.41) is 3.07. The topological polar surface area (TPSA) is 29.1 Å². The second-order valence-electron chi connectivity index (χ2n) is 4.64. The molecular formula is C10H21NO. The van der Waals surface area contributed by atoms with Crippen LogP contribution in [0.25, 0.3) is 0 Å². The van der Waals surface area contributed by atoms with Crippen molar-refractivity contribution in [3.8, 4) is 0 Å². The van der Waals surface area contributed by atoms with Crippen LogP contribution < -0.4 is 5.32 Å². The largest absolute Gasteiger partial charge is 0.310 e. The first kappa shape index (κ1) is 11.6. The molecule has 0 unspecified atom stereocenters. The van der Waals surface area contributed by atoms with Crippen LogP contribution in [-0.4, -0.2) is 18.9 Å². The number of Topliss-reactive ketones (excluding diaryl/α,β-unsaturated/α-hetero) is 1. The molecule has 2 heteroatoms. The van der Waals surface area contributed by atoms with E-state index in [4.69, 9.17) is 0 Å². The number of rotatable bonds is 3. The third kappa shape index (κ3) is 2.94. The molecule has 1 N–H and O–H groups in total. The van der Waals surface area contributed by atoms with Gasteiger partial charge in [0.2, 0.25) is 0 Å². The molecule has 0 aromatic heterocycles. The van der Waals surface area contributed by atoms with Gasteiger partial charge in [-0.3, -0.25) is 4.79 Å². The van der Waals surface area contributed by atoms with Gasteiger partial charge in [0, 0.05) is 5.92 Å². The van der Waals surface area contributed by atoms with Crippen LogP contribution in [0, 0.1) is 11.3 Å². The van der Waals surface area contributed by atoms with E-state index in [0.717, 1.165) is 0 Å². The molecule has 0 aliphatic rings. The van der Waals surface area contributed by atoms with Gasteiger partial charge in [-0.25, -0.2) is 0 Å². The number of hydrogen-bond donors (Lipinski definition) is 1. The van der Waals surface area contributed by atoms with Crippen molar-refractivity contribution in [2.75, 3.05) is 7.05 Å². The maximum Gasteiger partial charge on any atom is 0.152 e. The van der Waals surface area contributed by atoms with Gasteiger partial charge >= 0.3 is 0 Å². The van der Waals surface area contributed by atoms with E-state index in [1.54, 1.807) is 0 Å². The molecule has 0 aromatic rings. The zero-order valence-electron chi connectivity index (χ0n) is 9.06. The molecule has 0 bridgehead atoms. The lowest BCUT2D eigenvalue weighted by molar-refractivity contribution is -0.126. The molecule has 0 aromatic carbocycles. The first-order valence-electron chi connectivity index (χ1n) is 4.51. The lowest BCUT2D eigenvalue weighted by atomic mass is 9.81. The van der Waals surface area contributed by atoms with Crippen molar-refractivity contribution in [2.24, 2.45) is 11.3 Å². The summed E-state index contributed by atoms with van der Waals surface area (Å²) in [5.41, 5.74) is 0.0100. The van der Waals surface area contributed by atoms with Crippen LogP contribution in [0.5, 0.6) is 0 Å². The highest BCUT2D eigenvalue weighted by Gasteiger charge is 2.30. The van der Waals surface area contributed by atoms with Gasteiger partial charge in [0.15, 0.2) is 5.78 Å². The molecule has 0 saturated heterocycles. The van der Waals surface area contributed by atoms with E-state index in [-0.39, 0.29) is 17.4 Å². The molecule has 2 nitrogen and oxygen atoms in total. The van der Waals surface area contributed by atoms with Gasteiger partial charge < -0.3 is 5.32 Å². The zero-order chi connectivity index (χ0) is 9.94. The minimum absolute atomic E-state index is 0.0100. The lowest BCUT2D eigenvalue weighted by Gasteiger charge is -2.30. The van der Waals surface area contributed by atoms with Crippen LogP contribution in [0.2, 0.25) is 0 Å². The molecule has 72 valence electrons. The van der Waals surface area contributed by atoms with Crippen LogP contribution in [0.15, 0.2) is 0 Å². The van der Waals surface area contributed by atoms with Crippen LogP contribution in [0.3, 0.4) is 0 Å². The SMILES string of the molecule is CN[C@H](C(=O)C(C)C)C(C)(C)C. The van der Waals surface area contributed by atoms with Gasteiger partial charge in [0.25, 0.3) is 0 Å². The van der Waals surface area contributed by atoms with E-state index < -0.39 is 0 Å². The fraction of sp³-hybridized carbons (Fsp3) is 0.900. The first-order valence-corrected chi connectivity index (χ1v) is 4.51. The first-order chi connectivity index (χ1) is 5.30. The van der Waals surface area contributed by atoms with E-state index in [1.807, 2.05) is 20.9 Å². The Balaban J connectivity index is 4.47. The molecule has 0 rings (SSSR count). The van der Waals surface area contributed by atoms with Crippen LogP contribution in [-0.2, 0) is 4.79 Å². The average molecular weight is 171 g/mol. The van der Waals surface area contributed by atoms with Crippen LogP contribution in [0.1, 0.15) is 34.6 Å². The average Bonchev–Trinajstić information content (AvgIpc) is 1.85. The maximum atomic E-state index is 11.7. The normalized spacial score (nSPS) is 14.9. The Morgan fingerprint density at radius 2 is 1.67 bits per heavy atom. The second-order valence-corrected chi connectivity index (χ2v) is 4.64. The summed E-state index contributed by atoms with van der Waals surface area (Å²) in [5.74, 6) is 0.409. The van der Waals surface area contributed by atoms with Gasteiger partial charge in [0.05, 0.1) is 6.04 Å². The smallest absolute Gasteiger partial charge is 0.152 e. The van der Waals surface area contributed by atoms with Gasteiger partial charge in [-0.05, 0) is 12.5 Å². The van der Waals surface area contributed by atoms with E-state index in [0.29, 0.717) is 5.78 Å². The molecule has 0 radical (unpaired) electrons. The Morgan fingerprint density at radius 3 is 1.75 bits per heavy atom. The van der Waals surface area contributed by atoms with Crippen molar-refractivity contribution >= 4 is 5.78 Å². The molecular weight excluding hydrogens is 150 g/mol. The minimum atomic E-state index is -0.0301. The fourth-order valence-electron chi connectivity index (χ4n) is 1.34. The standard InChI is InChI=1S/C10H21NO/c1-7(2)8(12)9(11-6)10(3,4)5/h7,9,11H,1-6H3/t9-/m1/s1. The van der Waals surface area contributed by atoms with E-state index in [1.165, 1.54) is 0 Å². The van der Waals surface area contributed by atoms with E-state index >= 15 is 0 Å². The summed E-state index contributed by atoms with van der Waals surface area (Å²) >= 11 is 0. The van der Waals surface area contributed by atoms with Gasteiger partial charge in [-0.15, -0.1) is 0 Å².